The van der Waals surface area contributed by atoms with Crippen LogP contribution in [0.4, 0.5) is 0 Å². The van der Waals surface area contributed by atoms with Crippen molar-refractivity contribution in [3.8, 4) is 0 Å². The summed E-state index contributed by atoms with van der Waals surface area (Å²) in [5, 5.41) is 0. The van der Waals surface area contributed by atoms with Crippen LogP contribution in [0.5, 0.6) is 0 Å². The van der Waals surface area contributed by atoms with E-state index < -0.39 is 0 Å². The standard InChI is InChI=1S/C15H26O/c1-4-6-11(2)12-8-9-13-14(16)7-5-10-15(12,13)3/h11-13H,4-10H2,1-3H3/t11-,12-,13+,15-/m1/s1. The molecule has 2 saturated carbocycles. The fourth-order valence-electron chi connectivity index (χ4n) is 4.56. The zero-order chi connectivity index (χ0) is 11.8. The van der Waals surface area contributed by atoms with Gasteiger partial charge in [0.2, 0.25) is 0 Å². The van der Waals surface area contributed by atoms with Gasteiger partial charge in [0.25, 0.3) is 0 Å². The zero-order valence-electron chi connectivity index (χ0n) is 11.1. The number of rotatable bonds is 3. The van der Waals surface area contributed by atoms with E-state index in [2.05, 4.69) is 20.8 Å². The van der Waals surface area contributed by atoms with Crippen molar-refractivity contribution in [3.05, 3.63) is 0 Å². The minimum Gasteiger partial charge on any atom is -0.299 e. The average Bonchev–Trinajstić information content (AvgIpc) is 2.57. The molecule has 0 aromatic rings. The minimum absolute atomic E-state index is 0.351. The molecule has 1 heteroatoms. The van der Waals surface area contributed by atoms with Crippen LogP contribution in [-0.2, 0) is 4.79 Å². The van der Waals surface area contributed by atoms with Gasteiger partial charge in [0.1, 0.15) is 5.78 Å². The van der Waals surface area contributed by atoms with Gasteiger partial charge >= 0.3 is 0 Å². The van der Waals surface area contributed by atoms with Crippen LogP contribution in [0.1, 0.15) is 65.7 Å². The van der Waals surface area contributed by atoms with Crippen LogP contribution in [0.2, 0.25) is 0 Å². The van der Waals surface area contributed by atoms with Gasteiger partial charge in [-0.05, 0) is 42.9 Å². The van der Waals surface area contributed by atoms with Crippen molar-refractivity contribution in [1.29, 1.82) is 0 Å². The molecule has 1 nitrogen and oxygen atoms in total. The first-order valence-corrected chi connectivity index (χ1v) is 7.12. The molecule has 2 rings (SSSR count). The fraction of sp³-hybridized carbons (Fsp3) is 0.933. The van der Waals surface area contributed by atoms with Gasteiger partial charge in [0, 0.05) is 12.3 Å². The van der Waals surface area contributed by atoms with E-state index in [1.807, 2.05) is 0 Å². The van der Waals surface area contributed by atoms with Crippen LogP contribution in [0.15, 0.2) is 0 Å². The van der Waals surface area contributed by atoms with Crippen molar-refractivity contribution < 1.29 is 4.79 Å². The summed E-state index contributed by atoms with van der Waals surface area (Å²) in [5.41, 5.74) is 0.351. The monoisotopic (exact) mass is 222 g/mol. The van der Waals surface area contributed by atoms with E-state index in [4.69, 9.17) is 0 Å². The van der Waals surface area contributed by atoms with Crippen LogP contribution < -0.4 is 0 Å². The van der Waals surface area contributed by atoms with Gasteiger partial charge in [0.15, 0.2) is 0 Å². The molecule has 0 spiro atoms. The van der Waals surface area contributed by atoms with Gasteiger partial charge in [0.05, 0.1) is 0 Å². The average molecular weight is 222 g/mol. The van der Waals surface area contributed by atoms with Crippen molar-refractivity contribution in [3.63, 3.8) is 0 Å². The Hall–Kier alpha value is -0.330. The van der Waals surface area contributed by atoms with E-state index in [9.17, 15) is 4.79 Å². The largest absolute Gasteiger partial charge is 0.299 e. The number of ketones is 1. The highest BCUT2D eigenvalue weighted by molar-refractivity contribution is 5.83. The lowest BCUT2D eigenvalue weighted by molar-refractivity contribution is -0.130. The number of hydrogen-bond acceptors (Lipinski definition) is 1. The maximum atomic E-state index is 12.0. The second kappa shape index (κ2) is 4.50. The Morgan fingerprint density at radius 1 is 1.44 bits per heavy atom. The summed E-state index contributed by atoms with van der Waals surface area (Å²) in [6.07, 6.45) is 8.38. The van der Waals surface area contributed by atoms with E-state index >= 15 is 0 Å². The van der Waals surface area contributed by atoms with E-state index in [0.29, 0.717) is 17.1 Å². The second-order valence-electron chi connectivity index (χ2n) is 6.33. The predicted molar refractivity (Wildman–Crippen MR) is 67.3 cm³/mol. The number of Topliss-reactive ketones (excluding diaryl/α,β-unsaturated/α-hetero) is 1. The Morgan fingerprint density at radius 2 is 2.19 bits per heavy atom. The van der Waals surface area contributed by atoms with E-state index in [0.717, 1.165) is 24.7 Å². The SMILES string of the molecule is CCC[C@@H](C)[C@H]1CC[C@H]2C(=O)CCC[C@]12C. The molecular formula is C15H26O. The quantitative estimate of drug-likeness (QED) is 0.699. The van der Waals surface area contributed by atoms with Crippen molar-refractivity contribution in [2.45, 2.75) is 65.7 Å². The van der Waals surface area contributed by atoms with Crippen LogP contribution in [0, 0.1) is 23.2 Å². The Balaban J connectivity index is 2.14. The number of carbonyl (C=O) groups is 1. The molecule has 2 fully saturated rings. The van der Waals surface area contributed by atoms with Crippen molar-refractivity contribution in [2.24, 2.45) is 23.2 Å². The smallest absolute Gasteiger partial charge is 0.136 e. The molecular weight excluding hydrogens is 196 g/mol. The summed E-state index contributed by atoms with van der Waals surface area (Å²) in [6, 6.07) is 0. The molecule has 0 saturated heterocycles. The molecule has 0 heterocycles. The van der Waals surface area contributed by atoms with Crippen LogP contribution in [0.3, 0.4) is 0 Å². The predicted octanol–water partition coefficient (Wildman–Crippen LogP) is 4.21. The Labute approximate surface area is 100.0 Å². The Morgan fingerprint density at radius 3 is 2.88 bits per heavy atom. The molecule has 0 N–H and O–H groups in total. The number of fused-ring (bicyclic) bond motifs is 1. The third kappa shape index (κ3) is 1.83. The highest BCUT2D eigenvalue weighted by Gasteiger charge is 2.51. The minimum atomic E-state index is 0.351. The molecule has 0 aromatic carbocycles. The molecule has 16 heavy (non-hydrogen) atoms. The third-order valence-electron chi connectivity index (χ3n) is 5.37. The second-order valence-corrected chi connectivity index (χ2v) is 6.33. The maximum absolute atomic E-state index is 12.0. The van der Waals surface area contributed by atoms with E-state index in [1.165, 1.54) is 32.1 Å². The first kappa shape index (κ1) is 12.1. The van der Waals surface area contributed by atoms with Gasteiger partial charge < -0.3 is 0 Å². The van der Waals surface area contributed by atoms with Crippen molar-refractivity contribution >= 4 is 5.78 Å². The van der Waals surface area contributed by atoms with Crippen molar-refractivity contribution in [2.75, 3.05) is 0 Å². The first-order valence-electron chi connectivity index (χ1n) is 7.12. The lowest BCUT2D eigenvalue weighted by Gasteiger charge is -2.42. The van der Waals surface area contributed by atoms with Gasteiger partial charge in [-0.15, -0.1) is 0 Å². The Kier molecular flexibility index (Phi) is 3.42. The summed E-state index contributed by atoms with van der Waals surface area (Å²) in [7, 11) is 0. The Bertz CT molecular complexity index is 271. The van der Waals surface area contributed by atoms with Gasteiger partial charge in [-0.3, -0.25) is 4.79 Å². The lowest BCUT2D eigenvalue weighted by Crippen LogP contribution is -2.39. The normalized spacial score (nSPS) is 40.8. The topological polar surface area (TPSA) is 17.1 Å². The molecule has 0 bridgehead atoms. The van der Waals surface area contributed by atoms with Gasteiger partial charge in [-0.2, -0.15) is 0 Å². The molecule has 2 aliphatic carbocycles. The third-order valence-corrected chi connectivity index (χ3v) is 5.37. The molecule has 0 aliphatic heterocycles. The molecule has 0 radical (unpaired) electrons. The van der Waals surface area contributed by atoms with E-state index in [1.54, 1.807) is 0 Å². The number of carbonyl (C=O) groups excluding carboxylic acids is 1. The molecule has 0 amide bonds. The first-order chi connectivity index (χ1) is 7.59. The van der Waals surface area contributed by atoms with Crippen molar-refractivity contribution in [1.82, 2.24) is 0 Å². The molecule has 0 aromatic heterocycles. The van der Waals surface area contributed by atoms with Crippen LogP contribution in [0.25, 0.3) is 0 Å². The fourth-order valence-corrected chi connectivity index (χ4v) is 4.56. The van der Waals surface area contributed by atoms with Gasteiger partial charge in [-0.1, -0.05) is 33.6 Å². The summed E-state index contributed by atoms with van der Waals surface area (Å²) < 4.78 is 0. The van der Waals surface area contributed by atoms with Gasteiger partial charge in [-0.25, -0.2) is 0 Å². The lowest BCUT2D eigenvalue weighted by atomic mass is 9.62. The number of hydrogen-bond donors (Lipinski definition) is 0. The highest BCUT2D eigenvalue weighted by Crippen LogP contribution is 2.56. The summed E-state index contributed by atoms with van der Waals surface area (Å²) in [4.78, 5) is 12.0. The maximum Gasteiger partial charge on any atom is 0.136 e. The van der Waals surface area contributed by atoms with Crippen LogP contribution in [-0.4, -0.2) is 5.78 Å². The summed E-state index contributed by atoms with van der Waals surface area (Å²) >= 11 is 0. The zero-order valence-corrected chi connectivity index (χ0v) is 11.1. The molecule has 2 aliphatic rings. The summed E-state index contributed by atoms with van der Waals surface area (Å²) in [6.45, 7) is 7.08. The summed E-state index contributed by atoms with van der Waals surface area (Å²) in [5.74, 6) is 2.60. The molecule has 92 valence electrons. The molecule has 0 unspecified atom stereocenters. The van der Waals surface area contributed by atoms with Crippen LogP contribution >= 0.6 is 0 Å². The highest BCUT2D eigenvalue weighted by atomic mass is 16.1. The molecule has 4 atom stereocenters. The van der Waals surface area contributed by atoms with E-state index in [-0.39, 0.29) is 0 Å².